The normalized spacial score (nSPS) is 18.0. The molecule has 1 heterocycles. The van der Waals surface area contributed by atoms with Crippen molar-refractivity contribution in [3.05, 3.63) is 29.8 Å². The van der Waals surface area contributed by atoms with Gasteiger partial charge >= 0.3 is 0 Å². The fraction of sp³-hybridized carbons (Fsp3) is 0.588. The van der Waals surface area contributed by atoms with Gasteiger partial charge in [0.2, 0.25) is 0 Å². The molecule has 0 radical (unpaired) electrons. The van der Waals surface area contributed by atoms with Crippen molar-refractivity contribution < 1.29 is 9.53 Å². The molecule has 1 aromatic rings. The summed E-state index contributed by atoms with van der Waals surface area (Å²) in [4.78, 5) is 12.1. The molecule has 4 nitrogen and oxygen atoms in total. The van der Waals surface area contributed by atoms with Gasteiger partial charge in [0.05, 0.1) is 0 Å². The van der Waals surface area contributed by atoms with Crippen LogP contribution in [-0.4, -0.2) is 31.6 Å². The minimum atomic E-state index is -0.474. The molecule has 0 saturated carbocycles. The third kappa shape index (κ3) is 5.50. The summed E-state index contributed by atoms with van der Waals surface area (Å²) in [6, 6.07) is 7.76. The number of ether oxygens (including phenoxy) is 1. The third-order valence-electron chi connectivity index (χ3n) is 4.20. The number of hydrogen-bond acceptors (Lipinski definition) is 3. The molecule has 2 rings (SSSR count). The van der Waals surface area contributed by atoms with Crippen molar-refractivity contribution in [1.29, 1.82) is 0 Å². The van der Waals surface area contributed by atoms with E-state index in [0.717, 1.165) is 38.2 Å². The van der Waals surface area contributed by atoms with Crippen LogP contribution in [0.1, 0.15) is 32.3 Å². The highest BCUT2D eigenvalue weighted by atomic mass is 35.5. The van der Waals surface area contributed by atoms with Crippen molar-refractivity contribution in [2.45, 2.75) is 39.7 Å². The second-order valence-corrected chi connectivity index (χ2v) is 6.35. The maximum absolute atomic E-state index is 12.1. The molecule has 1 saturated heterocycles. The van der Waals surface area contributed by atoms with Gasteiger partial charge < -0.3 is 15.4 Å². The zero-order chi connectivity index (χ0) is 15.3. The molecule has 1 atom stereocenters. The van der Waals surface area contributed by atoms with Gasteiger partial charge in [-0.3, -0.25) is 4.79 Å². The number of aryl methyl sites for hydroxylation is 1. The van der Waals surface area contributed by atoms with E-state index in [9.17, 15) is 4.79 Å². The maximum atomic E-state index is 12.1. The Kier molecular flexibility index (Phi) is 7.17. The molecule has 2 N–H and O–H groups in total. The summed E-state index contributed by atoms with van der Waals surface area (Å²) in [7, 11) is 0. The number of halogens is 1. The zero-order valence-corrected chi connectivity index (χ0v) is 14.5. The Morgan fingerprint density at radius 3 is 2.50 bits per heavy atom. The average molecular weight is 327 g/mol. The van der Waals surface area contributed by atoms with Crippen LogP contribution >= 0.6 is 12.4 Å². The fourth-order valence-electron chi connectivity index (χ4n) is 2.53. The molecule has 1 unspecified atom stereocenters. The molecule has 0 bridgehead atoms. The lowest BCUT2D eigenvalue weighted by Crippen LogP contribution is -2.45. The second-order valence-electron chi connectivity index (χ2n) is 6.35. The first-order chi connectivity index (χ1) is 9.98. The Labute approximate surface area is 139 Å². The molecule has 1 aromatic carbocycles. The molecule has 1 amide bonds. The standard InChI is InChI=1S/C17H26N2O2.ClH/c1-13-4-6-15(7-5-13)21-14(2)16(20)19-12-17(3)8-10-18-11-9-17;/h4-7,14,18H,8-12H2,1-3H3,(H,19,20);1H. The molecular formula is C17H27ClN2O2. The molecule has 124 valence electrons. The van der Waals surface area contributed by atoms with Gasteiger partial charge in [0, 0.05) is 6.54 Å². The number of piperidine rings is 1. The molecule has 22 heavy (non-hydrogen) atoms. The van der Waals surface area contributed by atoms with E-state index in [-0.39, 0.29) is 23.7 Å². The van der Waals surface area contributed by atoms with E-state index >= 15 is 0 Å². The van der Waals surface area contributed by atoms with Crippen LogP contribution in [0.5, 0.6) is 5.75 Å². The lowest BCUT2D eigenvalue weighted by molar-refractivity contribution is -0.127. The Morgan fingerprint density at radius 1 is 1.32 bits per heavy atom. The smallest absolute Gasteiger partial charge is 0.260 e. The van der Waals surface area contributed by atoms with E-state index < -0.39 is 6.10 Å². The molecule has 0 spiro atoms. The molecule has 1 aliphatic rings. The number of nitrogens with one attached hydrogen (secondary N) is 2. The van der Waals surface area contributed by atoms with Gasteiger partial charge in [-0.2, -0.15) is 0 Å². The van der Waals surface area contributed by atoms with E-state index in [1.54, 1.807) is 6.92 Å². The predicted octanol–water partition coefficient (Wildman–Crippen LogP) is 2.69. The lowest BCUT2D eigenvalue weighted by Gasteiger charge is -2.34. The first kappa shape index (κ1) is 18.8. The number of carbonyl (C=O) groups is 1. The van der Waals surface area contributed by atoms with Crippen LogP contribution in [0.25, 0.3) is 0 Å². The van der Waals surface area contributed by atoms with E-state index in [2.05, 4.69) is 17.6 Å². The van der Waals surface area contributed by atoms with Crippen LogP contribution in [0.3, 0.4) is 0 Å². The minimum Gasteiger partial charge on any atom is -0.481 e. The van der Waals surface area contributed by atoms with Crippen molar-refractivity contribution in [1.82, 2.24) is 10.6 Å². The van der Waals surface area contributed by atoms with E-state index in [0.29, 0.717) is 0 Å². The highest BCUT2D eigenvalue weighted by molar-refractivity contribution is 5.85. The van der Waals surface area contributed by atoms with Gasteiger partial charge in [0.25, 0.3) is 5.91 Å². The molecule has 0 aliphatic carbocycles. The summed E-state index contributed by atoms with van der Waals surface area (Å²) >= 11 is 0. The number of amides is 1. The Morgan fingerprint density at radius 2 is 1.91 bits per heavy atom. The van der Waals surface area contributed by atoms with E-state index in [4.69, 9.17) is 4.74 Å². The maximum Gasteiger partial charge on any atom is 0.260 e. The van der Waals surface area contributed by atoms with Crippen molar-refractivity contribution >= 4 is 18.3 Å². The summed E-state index contributed by atoms with van der Waals surface area (Å²) in [5, 5.41) is 6.38. The van der Waals surface area contributed by atoms with Crippen molar-refractivity contribution in [3.63, 3.8) is 0 Å². The number of benzene rings is 1. The van der Waals surface area contributed by atoms with Gasteiger partial charge in [-0.25, -0.2) is 0 Å². The largest absolute Gasteiger partial charge is 0.481 e. The fourth-order valence-corrected chi connectivity index (χ4v) is 2.53. The zero-order valence-electron chi connectivity index (χ0n) is 13.6. The topological polar surface area (TPSA) is 50.4 Å². The minimum absolute atomic E-state index is 0. The van der Waals surface area contributed by atoms with Crippen LogP contribution in [0.4, 0.5) is 0 Å². The van der Waals surface area contributed by atoms with Crippen LogP contribution in [-0.2, 0) is 4.79 Å². The second kappa shape index (κ2) is 8.39. The highest BCUT2D eigenvalue weighted by Crippen LogP contribution is 2.26. The van der Waals surface area contributed by atoms with Crippen molar-refractivity contribution in [2.24, 2.45) is 5.41 Å². The van der Waals surface area contributed by atoms with Crippen molar-refractivity contribution in [2.75, 3.05) is 19.6 Å². The molecular weight excluding hydrogens is 300 g/mol. The number of carbonyl (C=O) groups excluding carboxylic acids is 1. The Hall–Kier alpha value is -1.26. The molecule has 1 fully saturated rings. The summed E-state index contributed by atoms with van der Waals surface area (Å²) in [6.45, 7) is 8.83. The van der Waals surface area contributed by atoms with Crippen LogP contribution in [0.2, 0.25) is 0 Å². The summed E-state index contributed by atoms with van der Waals surface area (Å²) in [6.07, 6.45) is 1.72. The van der Waals surface area contributed by atoms with Crippen molar-refractivity contribution in [3.8, 4) is 5.75 Å². The van der Waals surface area contributed by atoms with E-state index in [1.165, 1.54) is 5.56 Å². The molecule has 0 aromatic heterocycles. The predicted molar refractivity (Wildman–Crippen MR) is 91.7 cm³/mol. The molecule has 5 heteroatoms. The van der Waals surface area contributed by atoms with Crippen LogP contribution in [0, 0.1) is 12.3 Å². The average Bonchev–Trinajstić information content (AvgIpc) is 2.48. The monoisotopic (exact) mass is 326 g/mol. The number of rotatable bonds is 5. The van der Waals surface area contributed by atoms with E-state index in [1.807, 2.05) is 31.2 Å². The quantitative estimate of drug-likeness (QED) is 0.874. The highest BCUT2D eigenvalue weighted by Gasteiger charge is 2.28. The first-order valence-electron chi connectivity index (χ1n) is 7.70. The van der Waals surface area contributed by atoms with Gasteiger partial charge in [0.15, 0.2) is 6.10 Å². The van der Waals surface area contributed by atoms with Crippen LogP contribution < -0.4 is 15.4 Å². The third-order valence-corrected chi connectivity index (χ3v) is 4.20. The molecule has 1 aliphatic heterocycles. The summed E-state index contributed by atoms with van der Waals surface area (Å²) in [5.74, 6) is 0.687. The number of hydrogen-bond donors (Lipinski definition) is 2. The van der Waals surface area contributed by atoms with Gasteiger partial charge in [-0.1, -0.05) is 24.6 Å². The van der Waals surface area contributed by atoms with Gasteiger partial charge in [0.1, 0.15) is 5.75 Å². The lowest BCUT2D eigenvalue weighted by atomic mass is 9.81. The summed E-state index contributed by atoms with van der Waals surface area (Å²) in [5.41, 5.74) is 1.38. The first-order valence-corrected chi connectivity index (χ1v) is 7.70. The SMILES string of the molecule is Cc1ccc(OC(C)C(=O)NCC2(C)CCNCC2)cc1.Cl. The van der Waals surface area contributed by atoms with Gasteiger partial charge in [-0.15, -0.1) is 12.4 Å². The van der Waals surface area contributed by atoms with Crippen LogP contribution in [0.15, 0.2) is 24.3 Å². The summed E-state index contributed by atoms with van der Waals surface area (Å²) < 4.78 is 5.68. The Bertz CT molecular complexity index is 470. The Balaban J connectivity index is 0.00000242. The van der Waals surface area contributed by atoms with Gasteiger partial charge in [-0.05, 0) is 57.3 Å².